The van der Waals surface area contributed by atoms with E-state index >= 15 is 0 Å². The van der Waals surface area contributed by atoms with E-state index in [2.05, 4.69) is 27.1 Å². The molecule has 1 unspecified atom stereocenters. The van der Waals surface area contributed by atoms with Crippen LogP contribution in [0.15, 0.2) is 9.79 Å². The molecule has 1 aliphatic rings. The smallest absolute Gasteiger partial charge is 0.286 e. The van der Waals surface area contributed by atoms with Gasteiger partial charge in [0.05, 0.1) is 5.55 Å². The predicted octanol–water partition coefficient (Wildman–Crippen LogP) is 2.08. The summed E-state index contributed by atoms with van der Waals surface area (Å²) in [5.74, 6) is 2.74. The van der Waals surface area contributed by atoms with Gasteiger partial charge in [-0.15, -0.1) is 22.0 Å². The highest BCUT2D eigenvalue weighted by atomic mass is 32.2. The fourth-order valence-electron chi connectivity index (χ4n) is 3.02. The minimum absolute atomic E-state index is 0.0163. The Hall–Kier alpha value is -2.16. The molecule has 0 bridgehead atoms. The number of aromatic nitrogens is 6. The molecule has 0 radical (unpaired) electrons. The molecular weight excluding hydrogens is 326 g/mol. The Morgan fingerprint density at radius 1 is 1.38 bits per heavy atom. The zero-order chi connectivity index (χ0) is 16.7. The van der Waals surface area contributed by atoms with Gasteiger partial charge in [-0.3, -0.25) is 14.4 Å². The Kier molecular flexibility index (Phi) is 3.87. The maximum absolute atomic E-state index is 12.8. The first-order chi connectivity index (χ1) is 11.7. The van der Waals surface area contributed by atoms with Crippen LogP contribution in [-0.2, 0) is 6.54 Å². The fourth-order valence-corrected chi connectivity index (χ4v) is 3.77. The summed E-state index contributed by atoms with van der Waals surface area (Å²) in [6.45, 7) is 4.72. The van der Waals surface area contributed by atoms with Gasteiger partial charge in [0.2, 0.25) is 5.78 Å². The third-order valence-electron chi connectivity index (χ3n) is 4.30. The van der Waals surface area contributed by atoms with Gasteiger partial charge in [0.15, 0.2) is 11.2 Å². The number of nitrogens with zero attached hydrogens (tertiary/aromatic N) is 6. The number of fused-ring (bicyclic) bond motifs is 2. The molecule has 1 atom stereocenters. The average molecular weight is 345 g/mol. The maximum Gasteiger partial charge on any atom is 0.286 e. The van der Waals surface area contributed by atoms with Crippen molar-refractivity contribution in [2.75, 3.05) is 5.75 Å². The van der Waals surface area contributed by atoms with E-state index in [1.54, 1.807) is 23.1 Å². The zero-order valence-electron chi connectivity index (χ0n) is 13.7. The van der Waals surface area contributed by atoms with Crippen molar-refractivity contribution in [1.82, 2.24) is 29.1 Å². The van der Waals surface area contributed by atoms with Crippen LogP contribution in [0.2, 0.25) is 0 Å². The van der Waals surface area contributed by atoms with Gasteiger partial charge in [0, 0.05) is 12.3 Å². The van der Waals surface area contributed by atoms with E-state index in [4.69, 9.17) is 4.98 Å². The van der Waals surface area contributed by atoms with Crippen molar-refractivity contribution in [2.45, 2.75) is 45.7 Å². The van der Waals surface area contributed by atoms with Gasteiger partial charge in [0.1, 0.15) is 17.7 Å². The summed E-state index contributed by atoms with van der Waals surface area (Å²) in [5.41, 5.74) is 2.84. The third kappa shape index (κ3) is 2.34. The Bertz CT molecular complexity index is 983. The van der Waals surface area contributed by atoms with Gasteiger partial charge < -0.3 is 4.98 Å². The van der Waals surface area contributed by atoms with Crippen LogP contribution in [0, 0.1) is 6.92 Å². The molecule has 126 valence electrons. The van der Waals surface area contributed by atoms with E-state index in [0.717, 1.165) is 37.4 Å². The Morgan fingerprint density at radius 3 is 3.00 bits per heavy atom. The molecule has 0 aromatic carbocycles. The molecule has 1 N–H and O–H groups in total. The number of aliphatic imine (C=N–C) groups is 1. The quantitative estimate of drug-likeness (QED) is 0.715. The summed E-state index contributed by atoms with van der Waals surface area (Å²) >= 11 is 1.66. The van der Waals surface area contributed by atoms with Crippen molar-refractivity contribution in [3.05, 3.63) is 22.0 Å². The van der Waals surface area contributed by atoms with Crippen LogP contribution in [0.1, 0.15) is 43.9 Å². The lowest BCUT2D eigenvalue weighted by atomic mass is 10.2. The number of nitrogens with one attached hydrogen (secondary N) is 1. The molecule has 24 heavy (non-hydrogen) atoms. The van der Waals surface area contributed by atoms with Gasteiger partial charge in [-0.25, -0.2) is 9.38 Å². The molecule has 1 aliphatic heterocycles. The number of H-pyrrole nitrogens is 1. The zero-order valence-corrected chi connectivity index (χ0v) is 14.5. The van der Waals surface area contributed by atoms with E-state index in [-0.39, 0.29) is 11.6 Å². The minimum Gasteiger partial charge on any atom is -0.334 e. The second kappa shape index (κ2) is 6.04. The van der Waals surface area contributed by atoms with Gasteiger partial charge in [0.25, 0.3) is 5.56 Å². The molecule has 8 nitrogen and oxygen atoms in total. The molecule has 0 fully saturated rings. The highest BCUT2D eigenvalue weighted by molar-refractivity contribution is 8.12. The SMILES string of the molecule is CCCCCn1c2nc(C3CSC=N3)[nH]c2c(=O)n2c(C)nnc12. The van der Waals surface area contributed by atoms with E-state index in [1.807, 2.05) is 10.1 Å². The number of hydrogen-bond acceptors (Lipinski definition) is 6. The van der Waals surface area contributed by atoms with Crippen molar-refractivity contribution in [3.63, 3.8) is 0 Å². The monoisotopic (exact) mass is 345 g/mol. The molecule has 0 aliphatic carbocycles. The Balaban J connectivity index is 1.94. The molecule has 0 saturated carbocycles. The second-order valence-corrected chi connectivity index (χ2v) is 6.85. The van der Waals surface area contributed by atoms with E-state index in [0.29, 0.717) is 22.8 Å². The molecule has 0 spiro atoms. The number of thioether (sulfide) groups is 1. The first kappa shape index (κ1) is 15.4. The number of imidazole rings is 1. The summed E-state index contributed by atoms with van der Waals surface area (Å²) < 4.78 is 3.56. The van der Waals surface area contributed by atoms with Crippen LogP contribution in [0.5, 0.6) is 0 Å². The third-order valence-corrected chi connectivity index (χ3v) is 5.07. The molecule has 3 aromatic heterocycles. The van der Waals surface area contributed by atoms with Crippen LogP contribution in [0.4, 0.5) is 0 Å². The molecule has 4 rings (SSSR count). The first-order valence-electron chi connectivity index (χ1n) is 8.18. The van der Waals surface area contributed by atoms with Crippen LogP contribution in [0.25, 0.3) is 16.9 Å². The van der Waals surface area contributed by atoms with Gasteiger partial charge >= 0.3 is 0 Å². The Labute approximate surface area is 142 Å². The standard InChI is InChI=1S/C15H19N7OS/c1-3-4-5-6-21-13-11(14(23)22-9(2)19-20-15(21)22)17-12(18-13)10-7-24-8-16-10/h8,10H,3-7H2,1-2H3,(H,17,18). The molecule has 3 aromatic rings. The number of aromatic amines is 1. The normalized spacial score (nSPS) is 17.5. The average Bonchev–Trinajstić information content (AvgIpc) is 3.29. The van der Waals surface area contributed by atoms with Crippen molar-refractivity contribution < 1.29 is 0 Å². The summed E-state index contributed by atoms with van der Waals surface area (Å²) in [5, 5.41) is 8.27. The summed E-state index contributed by atoms with van der Waals surface area (Å²) in [4.78, 5) is 25.1. The fraction of sp³-hybridized carbons (Fsp3) is 0.533. The van der Waals surface area contributed by atoms with E-state index in [1.165, 1.54) is 0 Å². The lowest BCUT2D eigenvalue weighted by molar-refractivity contribution is 0.612. The van der Waals surface area contributed by atoms with Crippen LogP contribution >= 0.6 is 11.8 Å². The molecular formula is C15H19N7OS. The molecule has 0 saturated heterocycles. The topological polar surface area (TPSA) is 93.2 Å². The molecule has 0 amide bonds. The minimum atomic E-state index is -0.150. The number of hydrogen-bond donors (Lipinski definition) is 1. The van der Waals surface area contributed by atoms with Crippen LogP contribution in [-0.4, -0.2) is 40.4 Å². The largest absolute Gasteiger partial charge is 0.334 e. The maximum atomic E-state index is 12.8. The van der Waals surface area contributed by atoms with Crippen molar-refractivity contribution in [2.24, 2.45) is 4.99 Å². The van der Waals surface area contributed by atoms with Crippen LogP contribution < -0.4 is 5.56 Å². The summed E-state index contributed by atoms with van der Waals surface area (Å²) in [6.07, 6.45) is 3.26. The van der Waals surface area contributed by atoms with E-state index < -0.39 is 0 Å². The lowest BCUT2D eigenvalue weighted by Crippen LogP contribution is -2.20. The highest BCUT2D eigenvalue weighted by Gasteiger charge is 2.22. The summed E-state index contributed by atoms with van der Waals surface area (Å²) in [7, 11) is 0. The number of unbranched alkanes of at least 4 members (excludes halogenated alkanes) is 2. The van der Waals surface area contributed by atoms with Gasteiger partial charge in [-0.2, -0.15) is 0 Å². The number of aryl methyl sites for hydroxylation is 2. The number of rotatable bonds is 5. The Morgan fingerprint density at radius 2 is 2.25 bits per heavy atom. The second-order valence-electron chi connectivity index (χ2n) is 5.97. The lowest BCUT2D eigenvalue weighted by Gasteiger charge is -2.08. The van der Waals surface area contributed by atoms with Crippen molar-refractivity contribution in [3.8, 4) is 0 Å². The predicted molar refractivity (Wildman–Crippen MR) is 94.9 cm³/mol. The first-order valence-corrected chi connectivity index (χ1v) is 9.23. The van der Waals surface area contributed by atoms with Crippen LogP contribution in [0.3, 0.4) is 0 Å². The van der Waals surface area contributed by atoms with Crippen molar-refractivity contribution in [1.29, 1.82) is 0 Å². The molecule has 4 heterocycles. The summed E-state index contributed by atoms with van der Waals surface area (Å²) in [6, 6.07) is -0.0163. The van der Waals surface area contributed by atoms with E-state index in [9.17, 15) is 4.79 Å². The highest BCUT2D eigenvalue weighted by Crippen LogP contribution is 2.26. The van der Waals surface area contributed by atoms with Gasteiger partial charge in [-0.05, 0) is 13.3 Å². The molecule has 9 heteroatoms. The van der Waals surface area contributed by atoms with Crippen molar-refractivity contribution >= 4 is 34.3 Å². The van der Waals surface area contributed by atoms with Gasteiger partial charge in [-0.1, -0.05) is 19.8 Å².